The summed E-state index contributed by atoms with van der Waals surface area (Å²) in [7, 11) is -1.05. The molecule has 1 saturated heterocycles. The van der Waals surface area contributed by atoms with Crippen molar-refractivity contribution in [1.82, 2.24) is 9.88 Å². The molecule has 122 valence electrons. The molecule has 6 heteroatoms. The van der Waals surface area contributed by atoms with E-state index in [-0.39, 0.29) is 12.0 Å². The number of hydrogen-bond acceptors (Lipinski definition) is 4. The van der Waals surface area contributed by atoms with Crippen LogP contribution in [-0.2, 0) is 15.5 Å². The quantitative estimate of drug-likeness (QED) is 0.858. The van der Waals surface area contributed by atoms with Crippen molar-refractivity contribution in [2.45, 2.75) is 44.1 Å². The number of nitrogens with zero attached hydrogens (tertiary/aromatic N) is 2. The van der Waals surface area contributed by atoms with Crippen LogP contribution in [0.25, 0.3) is 0 Å². The second-order valence-corrected chi connectivity index (χ2v) is 8.13. The molecule has 2 atom stereocenters. The van der Waals surface area contributed by atoms with Gasteiger partial charge in [-0.05, 0) is 51.7 Å². The van der Waals surface area contributed by atoms with Crippen LogP contribution in [0.3, 0.4) is 0 Å². The van der Waals surface area contributed by atoms with Gasteiger partial charge in [-0.2, -0.15) is 0 Å². The van der Waals surface area contributed by atoms with Crippen molar-refractivity contribution in [2.75, 3.05) is 18.8 Å². The van der Waals surface area contributed by atoms with Crippen LogP contribution in [0, 0.1) is 5.92 Å². The summed E-state index contributed by atoms with van der Waals surface area (Å²) in [5, 5.41) is 0. The molecule has 1 aliphatic rings. The molecule has 1 fully saturated rings. The van der Waals surface area contributed by atoms with Crippen LogP contribution in [0.4, 0.5) is 4.79 Å². The van der Waals surface area contributed by atoms with Crippen LogP contribution in [0.2, 0.25) is 0 Å². The highest BCUT2D eigenvalue weighted by molar-refractivity contribution is 7.85. The average molecular weight is 324 g/mol. The molecular formula is C16H24N2O3S. The lowest BCUT2D eigenvalue weighted by molar-refractivity contribution is 0.0176. The van der Waals surface area contributed by atoms with Gasteiger partial charge in [0.15, 0.2) is 0 Å². The molecule has 0 N–H and O–H groups in total. The predicted molar refractivity (Wildman–Crippen MR) is 86.0 cm³/mol. The van der Waals surface area contributed by atoms with Crippen molar-refractivity contribution < 1.29 is 13.7 Å². The monoisotopic (exact) mass is 324 g/mol. The largest absolute Gasteiger partial charge is 0.444 e. The molecule has 0 unspecified atom stereocenters. The van der Waals surface area contributed by atoms with Crippen LogP contribution in [0.5, 0.6) is 0 Å². The Balaban J connectivity index is 1.91. The number of carbonyl (C=O) groups is 1. The SMILES string of the molecule is CC(C)(C)OC(=O)N1CCC[C@@H](C[S@@](=O)c2ccncc2)C1. The number of likely N-dealkylation sites (tertiary alicyclic amines) is 1. The number of carbonyl (C=O) groups excluding carboxylic acids is 1. The summed E-state index contributed by atoms with van der Waals surface area (Å²) in [6.07, 6.45) is 4.96. The van der Waals surface area contributed by atoms with Crippen molar-refractivity contribution in [1.29, 1.82) is 0 Å². The fraction of sp³-hybridized carbons (Fsp3) is 0.625. The highest BCUT2D eigenvalue weighted by Crippen LogP contribution is 2.21. The molecule has 0 bridgehead atoms. The summed E-state index contributed by atoms with van der Waals surface area (Å²) in [5.74, 6) is 0.818. The molecule has 2 rings (SSSR count). The lowest BCUT2D eigenvalue weighted by Crippen LogP contribution is -2.43. The van der Waals surface area contributed by atoms with Crippen LogP contribution in [-0.4, -0.2) is 44.6 Å². The van der Waals surface area contributed by atoms with Crippen LogP contribution in [0.15, 0.2) is 29.4 Å². The minimum absolute atomic E-state index is 0.246. The summed E-state index contributed by atoms with van der Waals surface area (Å²) in [6.45, 7) is 6.93. The molecule has 0 saturated carbocycles. The zero-order valence-corrected chi connectivity index (χ0v) is 14.3. The highest BCUT2D eigenvalue weighted by atomic mass is 32.2. The van der Waals surface area contributed by atoms with E-state index >= 15 is 0 Å². The minimum Gasteiger partial charge on any atom is -0.444 e. The number of hydrogen-bond donors (Lipinski definition) is 0. The third kappa shape index (κ3) is 5.09. The van der Waals surface area contributed by atoms with Gasteiger partial charge in [-0.3, -0.25) is 9.19 Å². The molecule has 0 radical (unpaired) electrons. The van der Waals surface area contributed by atoms with Gasteiger partial charge in [0.1, 0.15) is 5.60 Å². The van der Waals surface area contributed by atoms with Gasteiger partial charge < -0.3 is 9.64 Å². The fourth-order valence-electron chi connectivity index (χ4n) is 2.49. The molecule has 1 aromatic rings. The lowest BCUT2D eigenvalue weighted by Gasteiger charge is -2.34. The Hall–Kier alpha value is -1.43. The van der Waals surface area contributed by atoms with E-state index in [1.807, 2.05) is 20.8 Å². The van der Waals surface area contributed by atoms with Crippen molar-refractivity contribution in [3.8, 4) is 0 Å². The van der Waals surface area contributed by atoms with E-state index in [0.29, 0.717) is 18.8 Å². The zero-order valence-electron chi connectivity index (χ0n) is 13.4. The Bertz CT molecular complexity index is 528. The van der Waals surface area contributed by atoms with Crippen LogP contribution >= 0.6 is 0 Å². The maximum atomic E-state index is 12.4. The maximum Gasteiger partial charge on any atom is 0.410 e. The predicted octanol–water partition coefficient (Wildman–Crippen LogP) is 2.84. The summed E-state index contributed by atoms with van der Waals surface area (Å²) < 4.78 is 17.8. The van der Waals surface area contributed by atoms with E-state index in [1.165, 1.54) is 0 Å². The topological polar surface area (TPSA) is 59.5 Å². The molecule has 1 aliphatic heterocycles. The summed E-state index contributed by atoms with van der Waals surface area (Å²) >= 11 is 0. The number of pyridine rings is 1. The van der Waals surface area contributed by atoms with Crippen molar-refractivity contribution >= 4 is 16.9 Å². The van der Waals surface area contributed by atoms with Gasteiger partial charge in [0.25, 0.3) is 0 Å². The van der Waals surface area contributed by atoms with Gasteiger partial charge in [-0.15, -0.1) is 0 Å². The fourth-order valence-corrected chi connectivity index (χ4v) is 3.81. The van der Waals surface area contributed by atoms with Crippen molar-refractivity contribution in [3.63, 3.8) is 0 Å². The molecule has 0 aliphatic carbocycles. The van der Waals surface area contributed by atoms with Gasteiger partial charge in [0.2, 0.25) is 0 Å². The standard InChI is InChI=1S/C16H24N2O3S/c1-16(2,3)21-15(19)18-10-4-5-13(11-18)12-22(20)14-6-8-17-9-7-14/h6-9,13H,4-5,10-12H2,1-3H3/t13-,22-/m1/s1. The van der Waals surface area contributed by atoms with E-state index in [2.05, 4.69) is 4.98 Å². The lowest BCUT2D eigenvalue weighted by atomic mass is 10.0. The van der Waals surface area contributed by atoms with Crippen LogP contribution < -0.4 is 0 Å². The smallest absolute Gasteiger partial charge is 0.410 e. The molecule has 0 spiro atoms. The number of ether oxygens (including phenoxy) is 1. The van der Waals surface area contributed by atoms with E-state index in [4.69, 9.17) is 4.74 Å². The first-order valence-electron chi connectivity index (χ1n) is 7.61. The number of aromatic nitrogens is 1. The highest BCUT2D eigenvalue weighted by Gasteiger charge is 2.28. The average Bonchev–Trinajstić information content (AvgIpc) is 2.46. The van der Waals surface area contributed by atoms with Gasteiger partial charge in [-0.1, -0.05) is 0 Å². The number of piperidine rings is 1. The van der Waals surface area contributed by atoms with Crippen molar-refractivity contribution in [3.05, 3.63) is 24.5 Å². The first-order chi connectivity index (χ1) is 10.3. The van der Waals surface area contributed by atoms with E-state index in [9.17, 15) is 9.00 Å². The minimum atomic E-state index is -1.05. The normalized spacial score (nSPS) is 20.5. The van der Waals surface area contributed by atoms with Crippen LogP contribution in [0.1, 0.15) is 33.6 Å². The third-order valence-corrected chi connectivity index (χ3v) is 5.04. The number of rotatable bonds is 3. The van der Waals surface area contributed by atoms with Gasteiger partial charge in [-0.25, -0.2) is 4.79 Å². The molecule has 22 heavy (non-hydrogen) atoms. The first-order valence-corrected chi connectivity index (χ1v) is 8.93. The number of amides is 1. The van der Waals surface area contributed by atoms with E-state index in [0.717, 1.165) is 17.7 Å². The summed E-state index contributed by atoms with van der Waals surface area (Å²) in [4.78, 5) is 18.6. The second kappa shape index (κ2) is 7.22. The molecule has 1 aromatic heterocycles. The van der Waals surface area contributed by atoms with Gasteiger partial charge in [0.05, 0.1) is 10.8 Å². The molecular weight excluding hydrogens is 300 g/mol. The molecule has 5 nitrogen and oxygen atoms in total. The summed E-state index contributed by atoms with van der Waals surface area (Å²) in [6, 6.07) is 3.56. The Morgan fingerprint density at radius 1 is 1.41 bits per heavy atom. The summed E-state index contributed by atoms with van der Waals surface area (Å²) in [5.41, 5.74) is -0.482. The zero-order chi connectivity index (χ0) is 16.2. The van der Waals surface area contributed by atoms with Gasteiger partial charge in [0, 0.05) is 36.1 Å². The molecule has 1 amide bonds. The Morgan fingerprint density at radius 3 is 2.73 bits per heavy atom. The Morgan fingerprint density at radius 2 is 2.09 bits per heavy atom. The van der Waals surface area contributed by atoms with E-state index < -0.39 is 16.4 Å². The van der Waals surface area contributed by atoms with Gasteiger partial charge >= 0.3 is 6.09 Å². The molecule has 0 aromatic carbocycles. The maximum absolute atomic E-state index is 12.4. The van der Waals surface area contributed by atoms with E-state index in [1.54, 1.807) is 29.4 Å². The first kappa shape index (κ1) is 16.9. The Labute approximate surface area is 134 Å². The molecule has 2 heterocycles. The third-order valence-electron chi connectivity index (χ3n) is 3.47. The van der Waals surface area contributed by atoms with Crippen molar-refractivity contribution in [2.24, 2.45) is 5.92 Å². The Kier molecular flexibility index (Phi) is 5.56. The second-order valence-electron chi connectivity index (χ2n) is 6.63.